The maximum absolute atomic E-state index is 11.7. The molecule has 1 amide bonds. The van der Waals surface area contributed by atoms with Crippen molar-refractivity contribution in [3.63, 3.8) is 0 Å². The van der Waals surface area contributed by atoms with E-state index in [1.54, 1.807) is 36.4 Å². The maximum Gasteiger partial charge on any atom is 0.258 e. The number of rotatable bonds is 5. The summed E-state index contributed by atoms with van der Waals surface area (Å²) in [6.07, 6.45) is 0. The van der Waals surface area contributed by atoms with E-state index in [1.165, 1.54) is 0 Å². The Balaban J connectivity index is 1.78. The molecular weight excluding hydrogens is 297 g/mol. The monoisotopic (exact) mass is 309 g/mol. The Labute approximate surface area is 127 Å². The van der Waals surface area contributed by atoms with Crippen molar-refractivity contribution in [2.45, 2.75) is 6.54 Å². The number of carbonyl (C=O) groups is 1. The molecule has 0 fully saturated rings. The Morgan fingerprint density at radius 3 is 2.45 bits per heavy atom. The number of amides is 1. The van der Waals surface area contributed by atoms with E-state index in [0.717, 1.165) is 5.56 Å². The van der Waals surface area contributed by atoms with E-state index in [-0.39, 0.29) is 12.5 Å². The van der Waals surface area contributed by atoms with Crippen molar-refractivity contribution < 1.29 is 9.53 Å². The van der Waals surface area contributed by atoms with E-state index in [4.69, 9.17) is 27.9 Å². The summed E-state index contributed by atoms with van der Waals surface area (Å²) in [4.78, 5) is 11.7. The van der Waals surface area contributed by atoms with Gasteiger partial charge in [0.2, 0.25) is 0 Å². The minimum absolute atomic E-state index is 0.0547. The van der Waals surface area contributed by atoms with Gasteiger partial charge in [0.1, 0.15) is 5.75 Å². The molecular formula is C15H13Cl2NO2. The lowest BCUT2D eigenvalue weighted by atomic mass is 10.2. The van der Waals surface area contributed by atoms with Gasteiger partial charge in [0, 0.05) is 16.6 Å². The van der Waals surface area contributed by atoms with Gasteiger partial charge in [-0.3, -0.25) is 4.79 Å². The van der Waals surface area contributed by atoms with Gasteiger partial charge in [0.05, 0.1) is 0 Å². The molecule has 0 aromatic heterocycles. The Bertz CT molecular complexity index is 550. The largest absolute Gasteiger partial charge is 0.484 e. The number of nitrogens with one attached hydrogen (secondary N) is 1. The third kappa shape index (κ3) is 4.76. The number of halogens is 2. The summed E-state index contributed by atoms with van der Waals surface area (Å²) in [5.41, 5.74) is 0.939. The van der Waals surface area contributed by atoms with Crippen LogP contribution < -0.4 is 10.1 Å². The smallest absolute Gasteiger partial charge is 0.258 e. The summed E-state index contributed by atoms with van der Waals surface area (Å²) in [6, 6.07) is 14.2. The average Bonchev–Trinajstić information content (AvgIpc) is 2.43. The lowest BCUT2D eigenvalue weighted by molar-refractivity contribution is -0.123. The van der Waals surface area contributed by atoms with Gasteiger partial charge in [-0.2, -0.15) is 0 Å². The summed E-state index contributed by atoms with van der Waals surface area (Å²) in [5, 5.41) is 3.97. The number of hydrogen-bond acceptors (Lipinski definition) is 2. The third-order valence-corrected chi connectivity index (χ3v) is 3.01. The molecule has 0 saturated carbocycles. The lowest BCUT2D eigenvalue weighted by Gasteiger charge is -2.08. The first kappa shape index (κ1) is 14.7. The fraction of sp³-hybridized carbons (Fsp3) is 0.133. The fourth-order valence-electron chi connectivity index (χ4n) is 1.60. The molecule has 3 nitrogen and oxygen atoms in total. The highest BCUT2D eigenvalue weighted by molar-refractivity contribution is 6.30. The van der Waals surface area contributed by atoms with E-state index < -0.39 is 0 Å². The van der Waals surface area contributed by atoms with Crippen LogP contribution in [0.25, 0.3) is 0 Å². The van der Waals surface area contributed by atoms with Gasteiger partial charge in [-0.25, -0.2) is 0 Å². The van der Waals surface area contributed by atoms with Crippen molar-refractivity contribution in [2.24, 2.45) is 0 Å². The van der Waals surface area contributed by atoms with E-state index in [9.17, 15) is 4.79 Å². The molecule has 1 N–H and O–H groups in total. The zero-order valence-electron chi connectivity index (χ0n) is 10.6. The second-order valence-corrected chi connectivity index (χ2v) is 5.03. The molecule has 0 aliphatic carbocycles. The molecule has 2 aromatic rings. The Hall–Kier alpha value is -1.71. The fourth-order valence-corrected chi connectivity index (χ4v) is 2.00. The summed E-state index contributed by atoms with van der Waals surface area (Å²) < 4.78 is 5.34. The maximum atomic E-state index is 11.7. The van der Waals surface area contributed by atoms with Gasteiger partial charge in [-0.05, 0) is 35.9 Å². The molecule has 0 aliphatic rings. The van der Waals surface area contributed by atoms with E-state index in [0.29, 0.717) is 22.3 Å². The Morgan fingerprint density at radius 2 is 1.75 bits per heavy atom. The molecule has 0 spiro atoms. The van der Waals surface area contributed by atoms with Crippen LogP contribution in [0.5, 0.6) is 5.75 Å². The second-order valence-electron chi connectivity index (χ2n) is 4.15. The van der Waals surface area contributed by atoms with Crippen molar-refractivity contribution in [1.29, 1.82) is 0 Å². The van der Waals surface area contributed by atoms with Crippen LogP contribution in [0.2, 0.25) is 10.0 Å². The topological polar surface area (TPSA) is 38.3 Å². The van der Waals surface area contributed by atoms with Gasteiger partial charge >= 0.3 is 0 Å². The normalized spacial score (nSPS) is 10.1. The highest BCUT2D eigenvalue weighted by atomic mass is 35.5. The Kier molecular flexibility index (Phi) is 5.27. The molecule has 0 atom stereocenters. The van der Waals surface area contributed by atoms with Crippen LogP contribution in [0, 0.1) is 0 Å². The molecule has 2 aromatic carbocycles. The molecule has 0 radical (unpaired) electrons. The summed E-state index contributed by atoms with van der Waals surface area (Å²) in [5.74, 6) is 0.361. The van der Waals surface area contributed by atoms with Crippen LogP contribution in [0.4, 0.5) is 0 Å². The number of carbonyl (C=O) groups excluding carboxylic acids is 1. The van der Waals surface area contributed by atoms with Crippen LogP contribution in [-0.4, -0.2) is 12.5 Å². The highest BCUT2D eigenvalue weighted by Gasteiger charge is 2.03. The van der Waals surface area contributed by atoms with E-state index in [1.807, 2.05) is 12.1 Å². The zero-order valence-corrected chi connectivity index (χ0v) is 12.1. The van der Waals surface area contributed by atoms with Crippen LogP contribution in [-0.2, 0) is 11.3 Å². The second kappa shape index (κ2) is 7.17. The standard InChI is InChI=1S/C15H13Cl2NO2/c16-12-4-1-3-11(7-12)9-18-15(19)10-20-14-6-2-5-13(17)8-14/h1-8H,9-10H2,(H,18,19). The van der Waals surface area contributed by atoms with Gasteiger partial charge in [0.15, 0.2) is 6.61 Å². The SMILES string of the molecule is O=C(COc1cccc(Cl)c1)NCc1cccc(Cl)c1. The summed E-state index contributed by atoms with van der Waals surface area (Å²) in [7, 11) is 0. The molecule has 104 valence electrons. The zero-order chi connectivity index (χ0) is 14.4. The predicted molar refractivity (Wildman–Crippen MR) is 80.2 cm³/mol. The average molecular weight is 310 g/mol. The predicted octanol–water partition coefficient (Wildman–Crippen LogP) is 3.69. The van der Waals surface area contributed by atoms with Gasteiger partial charge in [-0.1, -0.05) is 41.4 Å². The van der Waals surface area contributed by atoms with Gasteiger partial charge in [0.25, 0.3) is 5.91 Å². The molecule has 0 saturated heterocycles. The third-order valence-electron chi connectivity index (χ3n) is 2.54. The minimum Gasteiger partial charge on any atom is -0.484 e. The lowest BCUT2D eigenvalue weighted by Crippen LogP contribution is -2.28. The Morgan fingerprint density at radius 1 is 1.05 bits per heavy atom. The molecule has 0 heterocycles. The van der Waals surface area contributed by atoms with Crippen molar-refractivity contribution in [1.82, 2.24) is 5.32 Å². The van der Waals surface area contributed by atoms with E-state index in [2.05, 4.69) is 5.32 Å². The summed E-state index contributed by atoms with van der Waals surface area (Å²) >= 11 is 11.7. The minimum atomic E-state index is -0.204. The molecule has 2 rings (SSSR count). The van der Waals surface area contributed by atoms with Crippen molar-refractivity contribution in [3.8, 4) is 5.75 Å². The molecule has 5 heteroatoms. The molecule has 20 heavy (non-hydrogen) atoms. The van der Waals surface area contributed by atoms with Crippen molar-refractivity contribution in [3.05, 3.63) is 64.1 Å². The van der Waals surface area contributed by atoms with Gasteiger partial charge < -0.3 is 10.1 Å². The van der Waals surface area contributed by atoms with Crippen LogP contribution >= 0.6 is 23.2 Å². The summed E-state index contributed by atoms with van der Waals surface area (Å²) in [6.45, 7) is 0.360. The van der Waals surface area contributed by atoms with Gasteiger partial charge in [-0.15, -0.1) is 0 Å². The van der Waals surface area contributed by atoms with Crippen LogP contribution in [0.3, 0.4) is 0 Å². The highest BCUT2D eigenvalue weighted by Crippen LogP contribution is 2.16. The van der Waals surface area contributed by atoms with Crippen molar-refractivity contribution >= 4 is 29.1 Å². The number of hydrogen-bond donors (Lipinski definition) is 1. The first-order chi connectivity index (χ1) is 9.63. The van der Waals surface area contributed by atoms with E-state index >= 15 is 0 Å². The van der Waals surface area contributed by atoms with Crippen LogP contribution in [0.15, 0.2) is 48.5 Å². The quantitative estimate of drug-likeness (QED) is 0.914. The van der Waals surface area contributed by atoms with Crippen LogP contribution in [0.1, 0.15) is 5.56 Å². The molecule has 0 bridgehead atoms. The first-order valence-electron chi connectivity index (χ1n) is 6.03. The van der Waals surface area contributed by atoms with Crippen molar-refractivity contribution in [2.75, 3.05) is 6.61 Å². The number of ether oxygens (including phenoxy) is 1. The number of benzene rings is 2. The molecule has 0 aliphatic heterocycles. The first-order valence-corrected chi connectivity index (χ1v) is 6.78. The molecule has 0 unspecified atom stereocenters.